The van der Waals surface area contributed by atoms with E-state index >= 15 is 0 Å². The van der Waals surface area contributed by atoms with Crippen LogP contribution < -0.4 is 10.2 Å². The largest absolute Gasteiger partial charge is 0.433 e. The second kappa shape index (κ2) is 7.26. The fourth-order valence-corrected chi connectivity index (χ4v) is 3.29. The van der Waals surface area contributed by atoms with Crippen LogP contribution in [0.4, 0.5) is 24.9 Å². The van der Waals surface area contributed by atoms with Gasteiger partial charge in [-0.25, -0.2) is 4.98 Å². The molecule has 10 heteroatoms. The number of carbonyl (C=O) groups is 1. The van der Waals surface area contributed by atoms with Crippen LogP contribution in [0.5, 0.6) is 0 Å². The maximum absolute atomic E-state index is 13.2. The quantitative estimate of drug-likeness (QED) is 0.836. The maximum Gasteiger partial charge on any atom is 0.433 e. The molecule has 2 atom stereocenters. The van der Waals surface area contributed by atoms with Gasteiger partial charge in [-0.2, -0.15) is 18.2 Å². The van der Waals surface area contributed by atoms with Crippen molar-refractivity contribution in [1.82, 2.24) is 14.9 Å². The van der Waals surface area contributed by atoms with Crippen LogP contribution in [0.3, 0.4) is 0 Å². The molecule has 3 heterocycles. The highest BCUT2D eigenvalue weighted by molar-refractivity contribution is 5.73. The van der Waals surface area contributed by atoms with E-state index in [1.165, 1.54) is 11.8 Å². The van der Waals surface area contributed by atoms with Gasteiger partial charge in [0.05, 0.1) is 12.1 Å². The third-order valence-electron chi connectivity index (χ3n) is 4.75. The van der Waals surface area contributed by atoms with Gasteiger partial charge >= 0.3 is 6.18 Å². The molecule has 2 fully saturated rings. The van der Waals surface area contributed by atoms with Crippen LogP contribution in [0, 0.1) is 0 Å². The van der Waals surface area contributed by atoms with Gasteiger partial charge in [0, 0.05) is 39.2 Å². The van der Waals surface area contributed by atoms with Gasteiger partial charge in [-0.05, 0) is 19.3 Å². The molecule has 0 radical (unpaired) electrons. The zero-order chi connectivity index (χ0) is 18.9. The lowest BCUT2D eigenvalue weighted by Crippen LogP contribution is -2.51. The Balaban J connectivity index is 1.80. The number of halogens is 3. The molecule has 144 valence electrons. The minimum absolute atomic E-state index is 0.0366. The molecule has 0 spiro atoms. The molecule has 0 bridgehead atoms. The number of aliphatic hydroxyl groups excluding tert-OH is 1. The zero-order valence-electron chi connectivity index (χ0n) is 14.5. The second-order valence-corrected chi connectivity index (χ2v) is 6.70. The number of amides is 1. The van der Waals surface area contributed by atoms with Crippen molar-refractivity contribution >= 4 is 17.7 Å². The Morgan fingerprint density at radius 3 is 2.54 bits per heavy atom. The van der Waals surface area contributed by atoms with E-state index in [1.807, 2.05) is 0 Å². The van der Waals surface area contributed by atoms with Crippen molar-refractivity contribution in [1.29, 1.82) is 0 Å². The molecule has 2 saturated heterocycles. The van der Waals surface area contributed by atoms with E-state index in [0.717, 1.165) is 18.9 Å². The number of piperidine rings is 1. The first-order valence-corrected chi connectivity index (χ1v) is 8.65. The predicted octanol–water partition coefficient (Wildman–Crippen LogP) is 1.49. The number of β-amino-alcohol motifs (C(OH)–C–C–N with tert-alkyl or cyclic N) is 1. The lowest BCUT2D eigenvalue weighted by atomic mass is 10.0. The molecule has 0 unspecified atom stereocenters. The normalized spacial score (nSPS) is 24.0. The van der Waals surface area contributed by atoms with E-state index in [0.29, 0.717) is 26.1 Å². The minimum atomic E-state index is -4.58. The van der Waals surface area contributed by atoms with Gasteiger partial charge in [0.15, 0.2) is 5.69 Å². The topological polar surface area (TPSA) is 81.6 Å². The van der Waals surface area contributed by atoms with Crippen LogP contribution >= 0.6 is 0 Å². The van der Waals surface area contributed by atoms with Crippen LogP contribution in [0.15, 0.2) is 6.07 Å². The molecule has 1 aromatic rings. The summed E-state index contributed by atoms with van der Waals surface area (Å²) >= 11 is 0. The molecule has 0 aromatic carbocycles. The van der Waals surface area contributed by atoms with Gasteiger partial charge in [-0.3, -0.25) is 4.79 Å². The van der Waals surface area contributed by atoms with Crippen LogP contribution in [0.1, 0.15) is 31.9 Å². The molecule has 7 nitrogen and oxygen atoms in total. The monoisotopic (exact) mass is 373 g/mol. The maximum atomic E-state index is 13.2. The molecule has 2 aliphatic heterocycles. The summed E-state index contributed by atoms with van der Waals surface area (Å²) in [5.74, 6) is -0.0507. The molecule has 0 saturated carbocycles. The first-order chi connectivity index (χ1) is 12.2. The molecule has 0 aliphatic carbocycles. The summed E-state index contributed by atoms with van der Waals surface area (Å²) in [6.07, 6.45) is -3.25. The zero-order valence-corrected chi connectivity index (χ0v) is 14.5. The van der Waals surface area contributed by atoms with Gasteiger partial charge in [-0.15, -0.1) is 0 Å². The van der Waals surface area contributed by atoms with E-state index in [4.69, 9.17) is 0 Å². The summed E-state index contributed by atoms with van der Waals surface area (Å²) in [5.41, 5.74) is -1.01. The number of alkyl halides is 3. The van der Waals surface area contributed by atoms with Gasteiger partial charge in [0.25, 0.3) is 0 Å². The van der Waals surface area contributed by atoms with Gasteiger partial charge in [-0.1, -0.05) is 0 Å². The van der Waals surface area contributed by atoms with Crippen molar-refractivity contribution < 1.29 is 23.1 Å². The summed E-state index contributed by atoms with van der Waals surface area (Å²) in [7, 11) is 0. The fourth-order valence-electron chi connectivity index (χ4n) is 3.29. The van der Waals surface area contributed by atoms with E-state index < -0.39 is 24.0 Å². The summed E-state index contributed by atoms with van der Waals surface area (Å²) in [6, 6.07) is 0.386. The number of anilines is 2. The second-order valence-electron chi connectivity index (χ2n) is 6.70. The Kier molecular flexibility index (Phi) is 5.22. The Bertz CT molecular complexity index is 664. The smallest absolute Gasteiger partial charge is 0.389 e. The number of hydrogen-bond acceptors (Lipinski definition) is 6. The van der Waals surface area contributed by atoms with Gasteiger partial charge < -0.3 is 20.2 Å². The number of aromatic nitrogens is 2. The molecular weight excluding hydrogens is 351 g/mol. The average molecular weight is 373 g/mol. The van der Waals surface area contributed by atoms with Crippen molar-refractivity contribution in [3.63, 3.8) is 0 Å². The van der Waals surface area contributed by atoms with E-state index in [9.17, 15) is 23.1 Å². The van der Waals surface area contributed by atoms with E-state index in [1.54, 1.807) is 4.90 Å². The lowest BCUT2D eigenvalue weighted by molar-refractivity contribution is -0.141. The number of nitrogens with one attached hydrogen (secondary N) is 1. The highest BCUT2D eigenvalue weighted by Gasteiger charge is 2.35. The first kappa shape index (κ1) is 18.7. The molecule has 2 aliphatic rings. The molecular formula is C16H22F3N5O2. The Morgan fingerprint density at radius 1 is 1.27 bits per heavy atom. The van der Waals surface area contributed by atoms with Crippen molar-refractivity contribution in [3.8, 4) is 0 Å². The first-order valence-electron chi connectivity index (χ1n) is 8.65. The summed E-state index contributed by atoms with van der Waals surface area (Å²) < 4.78 is 39.6. The summed E-state index contributed by atoms with van der Waals surface area (Å²) in [6.45, 7) is 3.24. The third kappa shape index (κ3) is 4.17. The predicted molar refractivity (Wildman–Crippen MR) is 88.8 cm³/mol. The number of aliphatic hydroxyl groups is 1. The van der Waals surface area contributed by atoms with Crippen molar-refractivity contribution in [2.24, 2.45) is 0 Å². The van der Waals surface area contributed by atoms with Crippen molar-refractivity contribution in [2.45, 2.75) is 44.5 Å². The van der Waals surface area contributed by atoms with Crippen LogP contribution in [0.25, 0.3) is 0 Å². The molecule has 1 amide bonds. The lowest BCUT2D eigenvalue weighted by Gasteiger charge is -2.36. The fraction of sp³-hybridized carbons (Fsp3) is 0.688. The molecule has 3 rings (SSSR count). The number of hydrogen-bond donors (Lipinski definition) is 2. The standard InChI is InChI=1S/C16H22F3N5O2/c1-10(25)24-7-4-11(12(26)9-24)20-14-8-13(16(17,18)19)21-15(22-14)23-5-2-3-6-23/h8,11-12,26H,2-7,9H2,1H3,(H,20,21,22)/t11-,12-/m1/s1. The van der Waals surface area contributed by atoms with Gasteiger partial charge in [0.2, 0.25) is 11.9 Å². The highest BCUT2D eigenvalue weighted by Crippen LogP contribution is 2.31. The highest BCUT2D eigenvalue weighted by atomic mass is 19.4. The minimum Gasteiger partial charge on any atom is -0.389 e. The SMILES string of the molecule is CC(=O)N1CC[C@@H](Nc2cc(C(F)(F)F)nc(N3CCCC3)n2)[C@H](O)C1. The van der Waals surface area contributed by atoms with Crippen LogP contribution in [-0.2, 0) is 11.0 Å². The summed E-state index contributed by atoms with van der Waals surface area (Å²) in [5, 5.41) is 13.1. The van der Waals surface area contributed by atoms with Crippen molar-refractivity contribution in [3.05, 3.63) is 11.8 Å². The van der Waals surface area contributed by atoms with Crippen molar-refractivity contribution in [2.75, 3.05) is 36.4 Å². The van der Waals surface area contributed by atoms with Crippen LogP contribution in [0.2, 0.25) is 0 Å². The Hall–Kier alpha value is -2.10. The number of likely N-dealkylation sites (tertiary alicyclic amines) is 1. The molecule has 1 aromatic heterocycles. The number of rotatable bonds is 3. The summed E-state index contributed by atoms with van der Waals surface area (Å²) in [4.78, 5) is 22.5. The number of nitrogens with zero attached hydrogens (tertiary/aromatic N) is 4. The average Bonchev–Trinajstić information content (AvgIpc) is 3.10. The Morgan fingerprint density at radius 2 is 1.96 bits per heavy atom. The number of carbonyl (C=O) groups excluding carboxylic acids is 1. The van der Waals surface area contributed by atoms with E-state index in [-0.39, 0.29) is 24.2 Å². The third-order valence-corrected chi connectivity index (χ3v) is 4.75. The molecule has 2 N–H and O–H groups in total. The van der Waals surface area contributed by atoms with Gasteiger partial charge in [0.1, 0.15) is 5.82 Å². The van der Waals surface area contributed by atoms with E-state index in [2.05, 4.69) is 15.3 Å². The van der Waals surface area contributed by atoms with Crippen LogP contribution in [-0.4, -0.2) is 64.2 Å². The molecule has 26 heavy (non-hydrogen) atoms. The Labute approximate surface area is 149 Å².